The third-order valence-corrected chi connectivity index (χ3v) is 12.1. The SMILES string of the molecule is Brc1cc2c3cccc4c5cccc6c7cc(Br)cc8c9cccc%10c%11cccc%12c(c1)c2c1c(c43)c(c56)c(c78)c(c%109)c1c%11%12. The van der Waals surface area contributed by atoms with Gasteiger partial charge in [-0.15, -0.1) is 0 Å². The molecule has 0 aliphatic carbocycles. The van der Waals surface area contributed by atoms with E-state index in [1.165, 1.54) is 129 Å². The molecule has 0 aliphatic rings. The van der Waals surface area contributed by atoms with Gasteiger partial charge in [0.2, 0.25) is 0 Å². The highest BCUT2D eigenvalue weighted by Gasteiger charge is 2.31. The maximum absolute atomic E-state index is 3.95. The molecule has 0 unspecified atom stereocenters. The van der Waals surface area contributed by atoms with E-state index in [1.54, 1.807) is 0 Å². The van der Waals surface area contributed by atoms with Gasteiger partial charge in [-0.25, -0.2) is 0 Å². The molecule has 44 heavy (non-hydrogen) atoms. The third kappa shape index (κ3) is 2.07. The molecular formula is C42H16Br2. The van der Waals surface area contributed by atoms with E-state index >= 15 is 0 Å². The summed E-state index contributed by atoms with van der Waals surface area (Å²) < 4.78 is 2.27. The number of hydrogen-bond donors (Lipinski definition) is 0. The van der Waals surface area contributed by atoms with Crippen LogP contribution in [0.5, 0.6) is 0 Å². The summed E-state index contributed by atoms with van der Waals surface area (Å²) in [7, 11) is 0. The second-order valence-corrected chi connectivity index (χ2v) is 14.7. The Labute approximate surface area is 265 Å². The lowest BCUT2D eigenvalue weighted by Gasteiger charge is -2.29. The van der Waals surface area contributed by atoms with Gasteiger partial charge in [0.05, 0.1) is 0 Å². The highest BCUT2D eigenvalue weighted by Crippen LogP contribution is 2.60. The Morgan fingerprint density at radius 1 is 0.227 bits per heavy atom. The molecule has 0 spiro atoms. The van der Waals surface area contributed by atoms with Crippen LogP contribution < -0.4 is 0 Å². The largest absolute Gasteiger partial charge is 0.0610 e. The highest BCUT2D eigenvalue weighted by molar-refractivity contribution is 9.10. The van der Waals surface area contributed by atoms with Gasteiger partial charge in [0.1, 0.15) is 0 Å². The van der Waals surface area contributed by atoms with Crippen molar-refractivity contribution in [2.75, 3.05) is 0 Å². The molecule has 0 nitrogen and oxygen atoms in total. The summed E-state index contributed by atoms with van der Waals surface area (Å²) in [4.78, 5) is 0. The molecule has 0 aliphatic heterocycles. The zero-order valence-corrected chi connectivity index (χ0v) is 26.2. The molecular weight excluding hydrogens is 664 g/mol. The van der Waals surface area contributed by atoms with Crippen LogP contribution in [-0.4, -0.2) is 0 Å². The van der Waals surface area contributed by atoms with Crippen LogP contribution in [0.1, 0.15) is 0 Å². The quantitative estimate of drug-likeness (QED) is 0.110. The van der Waals surface area contributed by atoms with E-state index in [9.17, 15) is 0 Å². The second kappa shape index (κ2) is 6.76. The zero-order valence-electron chi connectivity index (χ0n) is 23.0. The van der Waals surface area contributed by atoms with E-state index in [0.717, 1.165) is 8.95 Å². The molecule has 0 saturated heterocycles. The number of halogens is 2. The standard InChI is InChI=1S/C42H16Br2/c43-17-13-27-23-9-1-5-19-20-6-2-10-24-29-15-18(44)16-30-26-12-4-8-22-21-7-3-11-25-28(14-17)35(27)41-37(31(19)23)38(32(20)24)42(36(29)30)40(34(22)26)39(41)33(21)25/h1-16H. The van der Waals surface area contributed by atoms with Crippen molar-refractivity contribution in [1.82, 2.24) is 0 Å². The van der Waals surface area contributed by atoms with Gasteiger partial charge in [0.25, 0.3) is 0 Å². The molecule has 0 radical (unpaired) electrons. The molecule has 0 bridgehead atoms. The summed E-state index contributed by atoms with van der Waals surface area (Å²) in [6.07, 6.45) is 0. The summed E-state index contributed by atoms with van der Waals surface area (Å²) in [5.74, 6) is 0. The average Bonchev–Trinajstić information content (AvgIpc) is 3.05. The van der Waals surface area contributed by atoms with Crippen LogP contribution in [0.3, 0.4) is 0 Å². The number of benzene rings is 13. The van der Waals surface area contributed by atoms with Crippen molar-refractivity contribution in [2.45, 2.75) is 0 Å². The monoisotopic (exact) mass is 678 g/mol. The number of fused-ring (bicyclic) bond motifs is 6. The molecule has 2 heteroatoms. The first-order chi connectivity index (χ1) is 21.7. The summed E-state index contributed by atoms with van der Waals surface area (Å²) in [5, 5.41) is 33.3. The molecule has 0 fully saturated rings. The molecule has 0 heterocycles. The van der Waals surface area contributed by atoms with Gasteiger partial charge in [-0.1, -0.05) is 105 Å². The predicted molar refractivity (Wildman–Crippen MR) is 199 cm³/mol. The minimum atomic E-state index is 1.13. The lowest BCUT2D eigenvalue weighted by molar-refractivity contribution is 1.77. The fourth-order valence-electron chi connectivity index (χ4n) is 9.93. The van der Waals surface area contributed by atoms with Crippen molar-refractivity contribution in [2.24, 2.45) is 0 Å². The number of rotatable bonds is 0. The zero-order chi connectivity index (χ0) is 28.3. The Bertz CT molecular complexity index is 2940. The molecule has 13 aromatic rings. The van der Waals surface area contributed by atoms with E-state index in [-0.39, 0.29) is 0 Å². The topological polar surface area (TPSA) is 0 Å². The van der Waals surface area contributed by atoms with E-state index in [2.05, 4.69) is 129 Å². The minimum absolute atomic E-state index is 1.13. The van der Waals surface area contributed by atoms with Crippen molar-refractivity contribution in [3.05, 3.63) is 106 Å². The van der Waals surface area contributed by atoms with Gasteiger partial charge in [0, 0.05) is 8.95 Å². The van der Waals surface area contributed by atoms with Crippen molar-refractivity contribution in [3.63, 3.8) is 0 Å². The minimum Gasteiger partial charge on any atom is -0.0610 e. The Morgan fingerprint density at radius 3 is 0.636 bits per heavy atom. The summed E-state index contributed by atoms with van der Waals surface area (Å²) >= 11 is 7.90. The second-order valence-electron chi connectivity index (χ2n) is 12.9. The molecule has 0 atom stereocenters. The van der Waals surface area contributed by atoms with Crippen molar-refractivity contribution >= 4 is 161 Å². The van der Waals surface area contributed by atoms with Crippen LogP contribution in [0.25, 0.3) is 129 Å². The molecule has 0 N–H and O–H groups in total. The van der Waals surface area contributed by atoms with Crippen LogP contribution in [-0.2, 0) is 0 Å². The predicted octanol–water partition coefficient (Wildman–Crippen LogP) is 13.7. The maximum atomic E-state index is 3.95. The van der Waals surface area contributed by atoms with E-state index in [0.29, 0.717) is 0 Å². The van der Waals surface area contributed by atoms with Gasteiger partial charge >= 0.3 is 0 Å². The first kappa shape index (κ1) is 22.1. The van der Waals surface area contributed by atoms with Crippen molar-refractivity contribution in [1.29, 1.82) is 0 Å². The van der Waals surface area contributed by atoms with Gasteiger partial charge < -0.3 is 0 Å². The maximum Gasteiger partial charge on any atom is 0.0188 e. The number of hydrogen-bond acceptors (Lipinski definition) is 0. The Kier molecular flexibility index (Phi) is 3.39. The molecule has 198 valence electrons. The lowest BCUT2D eigenvalue weighted by Crippen LogP contribution is -2.00. The first-order valence-corrected chi connectivity index (χ1v) is 16.7. The normalized spacial score (nSPS) is 13.7. The Balaban J connectivity index is 1.63. The van der Waals surface area contributed by atoms with Crippen LogP contribution >= 0.6 is 31.9 Å². The van der Waals surface area contributed by atoms with Crippen molar-refractivity contribution in [3.8, 4) is 0 Å². The summed E-state index contributed by atoms with van der Waals surface area (Å²) in [6, 6.07) is 37.4. The summed E-state index contributed by atoms with van der Waals surface area (Å²) in [5.41, 5.74) is 0. The smallest absolute Gasteiger partial charge is 0.0188 e. The average molecular weight is 680 g/mol. The Morgan fingerprint density at radius 2 is 0.409 bits per heavy atom. The Hall–Kier alpha value is -4.50. The molecule has 13 aromatic carbocycles. The van der Waals surface area contributed by atoms with Crippen LogP contribution in [0.4, 0.5) is 0 Å². The molecule has 13 rings (SSSR count). The molecule has 0 amide bonds. The van der Waals surface area contributed by atoms with Gasteiger partial charge in [-0.2, -0.15) is 0 Å². The van der Waals surface area contributed by atoms with Crippen LogP contribution in [0, 0.1) is 0 Å². The first-order valence-electron chi connectivity index (χ1n) is 15.2. The fraction of sp³-hybridized carbons (Fsp3) is 0. The van der Waals surface area contributed by atoms with E-state index < -0.39 is 0 Å². The molecule has 0 aromatic heterocycles. The van der Waals surface area contributed by atoms with Gasteiger partial charge in [-0.3, -0.25) is 0 Å². The van der Waals surface area contributed by atoms with Crippen molar-refractivity contribution < 1.29 is 0 Å². The summed E-state index contributed by atoms with van der Waals surface area (Å²) in [6.45, 7) is 0. The fourth-order valence-corrected chi connectivity index (χ4v) is 10.8. The van der Waals surface area contributed by atoms with Crippen LogP contribution in [0.2, 0.25) is 0 Å². The third-order valence-electron chi connectivity index (χ3n) is 11.2. The van der Waals surface area contributed by atoms with E-state index in [1.807, 2.05) is 0 Å². The van der Waals surface area contributed by atoms with Gasteiger partial charge in [0.15, 0.2) is 0 Å². The highest BCUT2D eigenvalue weighted by atomic mass is 79.9. The van der Waals surface area contributed by atoms with Gasteiger partial charge in [-0.05, 0) is 154 Å². The van der Waals surface area contributed by atoms with Crippen LogP contribution in [0.15, 0.2) is 106 Å². The van der Waals surface area contributed by atoms with E-state index in [4.69, 9.17) is 0 Å². The lowest BCUT2D eigenvalue weighted by atomic mass is 9.73. The molecule has 0 saturated carbocycles.